The topological polar surface area (TPSA) is 55.1 Å². The van der Waals surface area contributed by atoms with Crippen LogP contribution in [0.1, 0.15) is 9.67 Å². The summed E-state index contributed by atoms with van der Waals surface area (Å²) < 4.78 is 0.936. The molecule has 1 amide bonds. The van der Waals surface area contributed by atoms with Gasteiger partial charge in [0.05, 0.1) is 4.88 Å². The van der Waals surface area contributed by atoms with Crippen LogP contribution in [0.2, 0.25) is 0 Å². The van der Waals surface area contributed by atoms with Crippen molar-refractivity contribution in [1.82, 2.24) is 5.32 Å². The lowest BCUT2D eigenvalue weighted by Crippen LogP contribution is -2.28. The molecule has 0 aromatic carbocycles. The van der Waals surface area contributed by atoms with Crippen LogP contribution in [-0.4, -0.2) is 19.0 Å². The highest BCUT2D eigenvalue weighted by molar-refractivity contribution is 9.10. The molecule has 0 aliphatic rings. The molecule has 3 nitrogen and oxygen atoms in total. The average molecular weight is 249 g/mol. The minimum absolute atomic E-state index is 0.0591. The molecule has 3 N–H and O–H groups in total. The SMILES string of the molecule is NCCNC(=O)c1cc(Br)cs1. The first-order valence-electron chi connectivity index (χ1n) is 3.46. The van der Waals surface area contributed by atoms with Crippen LogP contribution < -0.4 is 11.1 Å². The Bertz CT molecular complexity index is 274. The van der Waals surface area contributed by atoms with E-state index in [1.807, 2.05) is 5.38 Å². The number of carbonyl (C=O) groups is 1. The van der Waals surface area contributed by atoms with Crippen molar-refractivity contribution < 1.29 is 4.79 Å². The lowest BCUT2D eigenvalue weighted by molar-refractivity contribution is 0.0959. The standard InChI is InChI=1S/C7H9BrN2OS/c8-5-3-6(12-4-5)7(11)10-2-1-9/h3-4H,1-2,9H2,(H,10,11). The van der Waals surface area contributed by atoms with Crippen LogP contribution in [0.5, 0.6) is 0 Å². The Balaban J connectivity index is 2.53. The molecule has 5 heteroatoms. The number of halogens is 1. The molecule has 0 unspecified atom stereocenters. The largest absolute Gasteiger partial charge is 0.350 e. The lowest BCUT2D eigenvalue weighted by Gasteiger charge is -1.98. The molecule has 0 saturated heterocycles. The number of hydrogen-bond acceptors (Lipinski definition) is 3. The van der Waals surface area contributed by atoms with Crippen LogP contribution in [0.15, 0.2) is 15.9 Å². The number of thiophene rings is 1. The maximum absolute atomic E-state index is 11.2. The summed E-state index contributed by atoms with van der Waals surface area (Å²) in [5, 5.41) is 4.56. The molecule has 0 radical (unpaired) electrons. The summed E-state index contributed by atoms with van der Waals surface area (Å²) in [5.74, 6) is -0.0591. The second kappa shape index (κ2) is 4.59. The molecule has 0 bridgehead atoms. The first-order valence-corrected chi connectivity index (χ1v) is 5.13. The Morgan fingerprint density at radius 1 is 1.75 bits per heavy atom. The summed E-state index contributed by atoms with van der Waals surface area (Å²) in [6.07, 6.45) is 0. The third-order valence-corrected chi connectivity index (χ3v) is 2.91. The summed E-state index contributed by atoms with van der Waals surface area (Å²) in [5.41, 5.74) is 5.24. The average Bonchev–Trinajstić information content (AvgIpc) is 2.47. The van der Waals surface area contributed by atoms with E-state index in [1.165, 1.54) is 11.3 Å². The third-order valence-electron chi connectivity index (χ3n) is 1.22. The zero-order valence-corrected chi connectivity index (χ0v) is 8.74. The van der Waals surface area contributed by atoms with Crippen molar-refractivity contribution in [3.8, 4) is 0 Å². The highest BCUT2D eigenvalue weighted by Gasteiger charge is 2.06. The van der Waals surface area contributed by atoms with Gasteiger partial charge in [0.1, 0.15) is 0 Å². The van der Waals surface area contributed by atoms with E-state index < -0.39 is 0 Å². The van der Waals surface area contributed by atoms with Crippen molar-refractivity contribution in [3.05, 3.63) is 20.8 Å². The van der Waals surface area contributed by atoms with Crippen molar-refractivity contribution in [2.24, 2.45) is 5.73 Å². The molecular formula is C7H9BrN2OS. The zero-order valence-electron chi connectivity index (χ0n) is 6.34. The van der Waals surface area contributed by atoms with E-state index >= 15 is 0 Å². The molecule has 1 rings (SSSR count). The van der Waals surface area contributed by atoms with Gasteiger partial charge in [0.2, 0.25) is 0 Å². The molecule has 1 aromatic rings. The van der Waals surface area contributed by atoms with Crippen molar-refractivity contribution in [3.63, 3.8) is 0 Å². The van der Waals surface area contributed by atoms with Gasteiger partial charge in [0.15, 0.2) is 0 Å². The van der Waals surface area contributed by atoms with E-state index in [-0.39, 0.29) is 5.91 Å². The molecule has 1 heterocycles. The van der Waals surface area contributed by atoms with E-state index in [0.29, 0.717) is 18.0 Å². The van der Waals surface area contributed by atoms with E-state index in [1.54, 1.807) is 6.07 Å². The van der Waals surface area contributed by atoms with E-state index in [2.05, 4.69) is 21.2 Å². The van der Waals surface area contributed by atoms with Crippen LogP contribution in [0.25, 0.3) is 0 Å². The highest BCUT2D eigenvalue weighted by atomic mass is 79.9. The molecule has 0 aliphatic carbocycles. The van der Waals surface area contributed by atoms with Gasteiger partial charge in [-0.1, -0.05) is 0 Å². The number of rotatable bonds is 3. The Labute approximate surface area is 83.1 Å². The normalized spacial score (nSPS) is 9.83. The number of nitrogens with one attached hydrogen (secondary N) is 1. The predicted molar refractivity (Wildman–Crippen MR) is 53.4 cm³/mol. The molecule has 66 valence electrons. The number of amides is 1. The summed E-state index contributed by atoms with van der Waals surface area (Å²) in [7, 11) is 0. The Hall–Kier alpha value is -0.390. The second-order valence-electron chi connectivity index (χ2n) is 2.17. The molecule has 0 atom stereocenters. The monoisotopic (exact) mass is 248 g/mol. The van der Waals surface area contributed by atoms with Gasteiger partial charge >= 0.3 is 0 Å². The molecule has 12 heavy (non-hydrogen) atoms. The molecule has 0 spiro atoms. The van der Waals surface area contributed by atoms with Crippen molar-refractivity contribution in [2.75, 3.05) is 13.1 Å². The molecule has 0 aliphatic heterocycles. The smallest absolute Gasteiger partial charge is 0.261 e. The Morgan fingerprint density at radius 2 is 2.50 bits per heavy atom. The van der Waals surface area contributed by atoms with Gasteiger partial charge in [-0.2, -0.15) is 0 Å². The molecular weight excluding hydrogens is 240 g/mol. The van der Waals surface area contributed by atoms with Crippen LogP contribution in [0.4, 0.5) is 0 Å². The molecule has 0 saturated carbocycles. The Kier molecular flexibility index (Phi) is 3.71. The van der Waals surface area contributed by atoms with Gasteiger partial charge in [0, 0.05) is 22.9 Å². The lowest BCUT2D eigenvalue weighted by atomic mass is 10.4. The summed E-state index contributed by atoms with van der Waals surface area (Å²) in [6, 6.07) is 1.79. The van der Waals surface area contributed by atoms with Gasteiger partial charge in [-0.25, -0.2) is 0 Å². The number of nitrogens with two attached hydrogens (primary N) is 1. The first-order chi connectivity index (χ1) is 5.74. The fraction of sp³-hybridized carbons (Fsp3) is 0.286. The minimum Gasteiger partial charge on any atom is -0.350 e. The minimum atomic E-state index is -0.0591. The molecule has 1 aromatic heterocycles. The van der Waals surface area contributed by atoms with Crippen molar-refractivity contribution in [1.29, 1.82) is 0 Å². The summed E-state index contributed by atoms with van der Waals surface area (Å²) >= 11 is 4.68. The maximum atomic E-state index is 11.2. The fourth-order valence-corrected chi connectivity index (χ4v) is 2.05. The quantitative estimate of drug-likeness (QED) is 0.845. The summed E-state index contributed by atoms with van der Waals surface area (Å²) in [6.45, 7) is 0.993. The van der Waals surface area contributed by atoms with Gasteiger partial charge in [-0.05, 0) is 22.0 Å². The predicted octanol–water partition coefficient (Wildman–Crippen LogP) is 1.20. The van der Waals surface area contributed by atoms with Gasteiger partial charge in [-0.3, -0.25) is 4.79 Å². The number of hydrogen-bond donors (Lipinski definition) is 2. The first kappa shape index (κ1) is 9.70. The Morgan fingerprint density at radius 3 is 3.00 bits per heavy atom. The molecule has 0 fully saturated rings. The van der Waals surface area contributed by atoms with E-state index in [4.69, 9.17) is 5.73 Å². The second-order valence-corrected chi connectivity index (χ2v) is 4.00. The van der Waals surface area contributed by atoms with Crippen LogP contribution >= 0.6 is 27.3 Å². The van der Waals surface area contributed by atoms with E-state index in [0.717, 1.165) is 4.47 Å². The third kappa shape index (κ3) is 2.58. The van der Waals surface area contributed by atoms with Gasteiger partial charge < -0.3 is 11.1 Å². The highest BCUT2D eigenvalue weighted by Crippen LogP contribution is 2.19. The maximum Gasteiger partial charge on any atom is 0.261 e. The zero-order chi connectivity index (χ0) is 8.97. The van der Waals surface area contributed by atoms with Gasteiger partial charge in [-0.15, -0.1) is 11.3 Å². The number of carbonyl (C=O) groups excluding carboxylic acids is 1. The van der Waals surface area contributed by atoms with Gasteiger partial charge in [0.25, 0.3) is 5.91 Å². The summed E-state index contributed by atoms with van der Waals surface area (Å²) in [4.78, 5) is 11.9. The van der Waals surface area contributed by atoms with Crippen LogP contribution in [-0.2, 0) is 0 Å². The van der Waals surface area contributed by atoms with Crippen molar-refractivity contribution >= 4 is 33.2 Å². The fourth-order valence-electron chi connectivity index (χ4n) is 0.705. The van der Waals surface area contributed by atoms with Crippen LogP contribution in [0.3, 0.4) is 0 Å². The van der Waals surface area contributed by atoms with E-state index in [9.17, 15) is 4.79 Å². The van der Waals surface area contributed by atoms with Crippen molar-refractivity contribution in [2.45, 2.75) is 0 Å². The van der Waals surface area contributed by atoms with Crippen LogP contribution in [0, 0.1) is 0 Å².